The first-order valence-corrected chi connectivity index (χ1v) is 9.28. The van der Waals surface area contributed by atoms with Crippen LogP contribution in [0.5, 0.6) is 0 Å². The van der Waals surface area contributed by atoms with Gasteiger partial charge in [0.15, 0.2) is 12.4 Å². The van der Waals surface area contributed by atoms with Crippen molar-refractivity contribution in [2.75, 3.05) is 23.4 Å². The van der Waals surface area contributed by atoms with Gasteiger partial charge < -0.3 is 15.0 Å². The van der Waals surface area contributed by atoms with E-state index in [2.05, 4.69) is 5.32 Å². The number of carbonyl (C=O) groups is 4. The highest BCUT2D eigenvalue weighted by Crippen LogP contribution is 2.26. The summed E-state index contributed by atoms with van der Waals surface area (Å²) in [6, 6.07) is 13.8. The predicted octanol–water partition coefficient (Wildman–Crippen LogP) is 2.73. The predicted molar refractivity (Wildman–Crippen MR) is 108 cm³/mol. The number of anilines is 2. The number of hydrogen-bond acceptors (Lipinski definition) is 5. The molecule has 0 unspecified atom stereocenters. The fourth-order valence-corrected chi connectivity index (χ4v) is 3.12. The largest absolute Gasteiger partial charge is 0.457 e. The molecule has 3 rings (SSSR count). The molecular weight excluding hydrogens is 372 g/mol. The van der Waals surface area contributed by atoms with Crippen LogP contribution in [0.1, 0.15) is 29.3 Å². The van der Waals surface area contributed by atoms with E-state index in [0.29, 0.717) is 11.3 Å². The van der Waals surface area contributed by atoms with Crippen molar-refractivity contribution in [2.45, 2.75) is 20.3 Å². The summed E-state index contributed by atoms with van der Waals surface area (Å²) in [6.07, 6.45) is 0.0618. The maximum Gasteiger partial charge on any atom is 0.311 e. The maximum absolute atomic E-state index is 12.3. The monoisotopic (exact) mass is 394 g/mol. The van der Waals surface area contributed by atoms with Crippen LogP contribution in [-0.4, -0.2) is 36.7 Å². The van der Waals surface area contributed by atoms with Crippen LogP contribution in [0.15, 0.2) is 48.5 Å². The van der Waals surface area contributed by atoms with Crippen LogP contribution < -0.4 is 10.2 Å². The lowest BCUT2D eigenvalue weighted by molar-refractivity contribution is -0.147. The third-order valence-electron chi connectivity index (χ3n) is 4.68. The van der Waals surface area contributed by atoms with Gasteiger partial charge in [-0.3, -0.25) is 19.2 Å². The third kappa shape index (κ3) is 5.07. The van der Waals surface area contributed by atoms with Crippen LogP contribution in [0.3, 0.4) is 0 Å². The second-order valence-corrected chi connectivity index (χ2v) is 7.03. The van der Waals surface area contributed by atoms with E-state index in [4.69, 9.17) is 4.74 Å². The minimum absolute atomic E-state index is 0.0618. The number of rotatable bonds is 6. The lowest BCUT2D eigenvalue weighted by Gasteiger charge is -2.16. The fourth-order valence-electron chi connectivity index (χ4n) is 3.12. The van der Waals surface area contributed by atoms with E-state index in [1.54, 1.807) is 29.2 Å². The molecule has 0 radical (unpaired) electrons. The number of esters is 1. The number of nitrogens with zero attached hydrogens (tertiary/aromatic N) is 1. The molecule has 1 atom stereocenters. The second-order valence-electron chi connectivity index (χ2n) is 7.03. The molecular formula is C22H22N2O5. The molecule has 1 aliphatic heterocycles. The normalized spacial score (nSPS) is 15.9. The van der Waals surface area contributed by atoms with E-state index in [1.165, 1.54) is 6.92 Å². The number of carbonyl (C=O) groups excluding carboxylic acids is 4. The smallest absolute Gasteiger partial charge is 0.311 e. The SMILES string of the molecule is CC(=O)Nc1ccc(C(=O)COC(=O)[C@@H]2CC(=O)N(c3ccc(C)cc3)C2)cc1. The molecule has 2 amide bonds. The molecule has 0 bridgehead atoms. The summed E-state index contributed by atoms with van der Waals surface area (Å²) < 4.78 is 5.15. The van der Waals surface area contributed by atoms with Gasteiger partial charge in [-0.1, -0.05) is 17.7 Å². The molecule has 1 saturated heterocycles. The van der Waals surface area contributed by atoms with Gasteiger partial charge in [0.1, 0.15) is 0 Å². The Labute approximate surface area is 168 Å². The molecule has 7 heteroatoms. The van der Waals surface area contributed by atoms with Gasteiger partial charge >= 0.3 is 5.97 Å². The molecule has 7 nitrogen and oxygen atoms in total. The highest BCUT2D eigenvalue weighted by molar-refractivity contribution is 6.01. The Morgan fingerprint density at radius 2 is 1.72 bits per heavy atom. The van der Waals surface area contributed by atoms with Gasteiger partial charge in [-0.15, -0.1) is 0 Å². The average Bonchev–Trinajstić information content (AvgIpc) is 3.08. The van der Waals surface area contributed by atoms with Crippen LogP contribution in [0, 0.1) is 12.8 Å². The van der Waals surface area contributed by atoms with Crippen LogP contribution in [0.2, 0.25) is 0 Å². The van der Waals surface area contributed by atoms with E-state index in [-0.39, 0.29) is 30.6 Å². The molecule has 0 spiro atoms. The molecule has 150 valence electrons. The van der Waals surface area contributed by atoms with Crippen molar-refractivity contribution in [1.82, 2.24) is 0 Å². The van der Waals surface area contributed by atoms with Crippen molar-refractivity contribution in [1.29, 1.82) is 0 Å². The van der Waals surface area contributed by atoms with Crippen LogP contribution in [0.25, 0.3) is 0 Å². The number of nitrogens with one attached hydrogen (secondary N) is 1. The molecule has 2 aromatic carbocycles. The molecule has 0 saturated carbocycles. The fraction of sp³-hybridized carbons (Fsp3) is 0.273. The van der Waals surface area contributed by atoms with Crippen molar-refractivity contribution in [3.05, 3.63) is 59.7 Å². The van der Waals surface area contributed by atoms with Crippen molar-refractivity contribution >= 4 is 34.9 Å². The quantitative estimate of drug-likeness (QED) is 0.601. The molecule has 0 aromatic heterocycles. The summed E-state index contributed by atoms with van der Waals surface area (Å²) in [5, 5.41) is 2.61. The third-order valence-corrected chi connectivity index (χ3v) is 4.68. The number of ether oxygens (including phenoxy) is 1. The highest BCUT2D eigenvalue weighted by Gasteiger charge is 2.36. The number of amides is 2. The molecule has 1 aliphatic rings. The van der Waals surface area contributed by atoms with E-state index < -0.39 is 18.5 Å². The van der Waals surface area contributed by atoms with E-state index >= 15 is 0 Å². The summed E-state index contributed by atoms with van der Waals surface area (Å²) in [4.78, 5) is 49.4. The molecule has 29 heavy (non-hydrogen) atoms. The number of Topliss-reactive ketones (excluding diaryl/α,β-unsaturated/α-hetero) is 1. The van der Waals surface area contributed by atoms with Gasteiger partial charge in [0.05, 0.1) is 5.92 Å². The van der Waals surface area contributed by atoms with Crippen molar-refractivity contribution in [3.8, 4) is 0 Å². The Kier molecular flexibility index (Phi) is 6.07. The number of benzene rings is 2. The summed E-state index contributed by atoms with van der Waals surface area (Å²) >= 11 is 0. The zero-order valence-corrected chi connectivity index (χ0v) is 16.3. The summed E-state index contributed by atoms with van der Waals surface area (Å²) in [5.74, 6) is -1.86. The van der Waals surface area contributed by atoms with Crippen molar-refractivity contribution in [3.63, 3.8) is 0 Å². The van der Waals surface area contributed by atoms with Crippen LogP contribution in [-0.2, 0) is 19.1 Å². The number of hydrogen-bond donors (Lipinski definition) is 1. The van der Waals surface area contributed by atoms with Gasteiger partial charge in [-0.2, -0.15) is 0 Å². The van der Waals surface area contributed by atoms with Gasteiger partial charge in [0.25, 0.3) is 0 Å². The molecule has 2 aromatic rings. The molecule has 1 fully saturated rings. The van der Waals surface area contributed by atoms with Gasteiger partial charge in [-0.25, -0.2) is 0 Å². The average molecular weight is 394 g/mol. The number of ketones is 1. The lowest BCUT2D eigenvalue weighted by Crippen LogP contribution is -2.27. The first-order valence-electron chi connectivity index (χ1n) is 9.28. The van der Waals surface area contributed by atoms with Gasteiger partial charge in [0.2, 0.25) is 11.8 Å². The van der Waals surface area contributed by atoms with Crippen LogP contribution >= 0.6 is 0 Å². The highest BCUT2D eigenvalue weighted by atomic mass is 16.5. The minimum atomic E-state index is -0.598. The van der Waals surface area contributed by atoms with Crippen LogP contribution in [0.4, 0.5) is 11.4 Å². The van der Waals surface area contributed by atoms with E-state index in [1.807, 2.05) is 31.2 Å². The standard InChI is InChI=1S/C22H22N2O5/c1-14-3-9-19(10-4-14)24-12-17(11-21(24)27)22(28)29-13-20(26)16-5-7-18(8-6-16)23-15(2)25/h3-10,17H,11-13H2,1-2H3,(H,23,25)/t17-/m1/s1. The minimum Gasteiger partial charge on any atom is -0.457 e. The van der Waals surface area contributed by atoms with E-state index in [0.717, 1.165) is 11.3 Å². The first-order chi connectivity index (χ1) is 13.8. The summed E-state index contributed by atoms with van der Waals surface area (Å²) in [6.45, 7) is 3.19. The topological polar surface area (TPSA) is 92.8 Å². The molecule has 0 aliphatic carbocycles. The number of aryl methyl sites for hydroxylation is 1. The van der Waals surface area contributed by atoms with Crippen molar-refractivity contribution in [2.24, 2.45) is 5.92 Å². The molecule has 1 N–H and O–H groups in total. The zero-order valence-electron chi connectivity index (χ0n) is 16.3. The van der Waals surface area contributed by atoms with Gasteiger partial charge in [-0.05, 0) is 43.3 Å². The Balaban J connectivity index is 1.54. The zero-order chi connectivity index (χ0) is 21.0. The Morgan fingerprint density at radius 1 is 1.07 bits per heavy atom. The second kappa shape index (κ2) is 8.68. The van der Waals surface area contributed by atoms with Crippen molar-refractivity contribution < 1.29 is 23.9 Å². The Hall–Kier alpha value is -3.48. The summed E-state index contributed by atoms with van der Waals surface area (Å²) in [7, 11) is 0. The Bertz CT molecular complexity index is 935. The maximum atomic E-state index is 12.3. The van der Waals surface area contributed by atoms with Gasteiger partial charge in [0, 0.05) is 36.8 Å². The van der Waals surface area contributed by atoms with E-state index in [9.17, 15) is 19.2 Å². The summed E-state index contributed by atoms with van der Waals surface area (Å²) in [5.41, 5.74) is 2.77. The molecule has 1 heterocycles. The Morgan fingerprint density at radius 3 is 2.34 bits per heavy atom. The first kappa shape index (κ1) is 20.3. The lowest BCUT2D eigenvalue weighted by atomic mass is 10.1.